The fourth-order valence-electron chi connectivity index (χ4n) is 2.36. The number of aromatic nitrogens is 1. The summed E-state index contributed by atoms with van der Waals surface area (Å²) in [7, 11) is 3.38. The van der Waals surface area contributed by atoms with Gasteiger partial charge in [-0.1, -0.05) is 30.3 Å². The van der Waals surface area contributed by atoms with E-state index < -0.39 is 11.0 Å². The molecule has 1 amide bonds. The van der Waals surface area contributed by atoms with Crippen molar-refractivity contribution in [3.05, 3.63) is 63.8 Å². The van der Waals surface area contributed by atoms with E-state index in [1.807, 2.05) is 30.3 Å². The van der Waals surface area contributed by atoms with Crippen molar-refractivity contribution in [2.45, 2.75) is 19.4 Å². The number of carbonyl (C=O) groups is 1. The summed E-state index contributed by atoms with van der Waals surface area (Å²) in [6, 6.07) is 10.7. The lowest BCUT2D eigenvalue weighted by Gasteiger charge is -2.22. The van der Waals surface area contributed by atoms with Crippen LogP contribution in [0.2, 0.25) is 0 Å². The zero-order valence-corrected chi connectivity index (χ0v) is 13.9. The van der Waals surface area contributed by atoms with E-state index in [-0.39, 0.29) is 11.6 Å². The minimum Gasteiger partial charge on any atom is -0.358 e. The van der Waals surface area contributed by atoms with Crippen molar-refractivity contribution in [1.29, 1.82) is 0 Å². The summed E-state index contributed by atoms with van der Waals surface area (Å²) < 4.78 is 0. The quantitative estimate of drug-likeness (QED) is 0.650. The fraction of sp³-hybridized carbons (Fsp3) is 0.294. The largest absolute Gasteiger partial charge is 0.358 e. The fourth-order valence-corrected chi connectivity index (χ4v) is 2.36. The summed E-state index contributed by atoms with van der Waals surface area (Å²) in [6.07, 6.45) is 1.70. The van der Waals surface area contributed by atoms with Crippen LogP contribution >= 0.6 is 0 Å². The molecule has 0 unspecified atom stereocenters. The average molecular weight is 328 g/mol. The molecule has 0 saturated carbocycles. The first-order valence-corrected chi connectivity index (χ1v) is 7.51. The highest BCUT2D eigenvalue weighted by molar-refractivity contribution is 5.84. The van der Waals surface area contributed by atoms with Crippen LogP contribution in [0.25, 0.3) is 0 Å². The lowest BCUT2D eigenvalue weighted by atomic mass is 10.0. The van der Waals surface area contributed by atoms with Crippen molar-refractivity contribution in [1.82, 2.24) is 9.88 Å². The topological polar surface area (TPSA) is 88.4 Å². The summed E-state index contributed by atoms with van der Waals surface area (Å²) >= 11 is 0. The van der Waals surface area contributed by atoms with Gasteiger partial charge in [0.1, 0.15) is 18.1 Å². The third-order valence-corrected chi connectivity index (χ3v) is 3.62. The molecular weight excluding hydrogens is 308 g/mol. The number of nitro groups is 1. The number of hydrogen-bond donors (Lipinski definition) is 1. The Labute approximate surface area is 140 Å². The Balaban J connectivity index is 2.23. The third kappa shape index (κ3) is 4.28. The van der Waals surface area contributed by atoms with Crippen LogP contribution in [0.3, 0.4) is 0 Å². The van der Waals surface area contributed by atoms with Crippen LogP contribution in [0.1, 0.15) is 11.1 Å². The minimum absolute atomic E-state index is 0.0425. The molecule has 1 aromatic heterocycles. The van der Waals surface area contributed by atoms with Crippen molar-refractivity contribution in [3.63, 3.8) is 0 Å². The zero-order chi connectivity index (χ0) is 17.7. The Morgan fingerprint density at radius 3 is 2.54 bits per heavy atom. The summed E-state index contributed by atoms with van der Waals surface area (Å²) in [4.78, 5) is 28.4. The molecule has 1 aromatic carbocycles. The number of anilines is 1. The number of likely N-dealkylation sites (N-methyl/N-ethyl adjacent to an activating group) is 1. The number of nitrogens with zero attached hydrogens (tertiary/aromatic N) is 3. The smallest absolute Gasteiger partial charge is 0.290 e. The van der Waals surface area contributed by atoms with Gasteiger partial charge in [0, 0.05) is 26.1 Å². The van der Waals surface area contributed by atoms with Gasteiger partial charge in [-0.2, -0.15) is 0 Å². The molecule has 126 valence electrons. The standard InChI is InChI=1S/C17H20N4O3/c1-12-9-16(18-11-15(12)21(23)24)19-14(17(22)20(2)3)10-13-7-5-4-6-8-13/h4-9,11,14H,10H2,1-3H3,(H,18,19)/t14-/m1/s1. The van der Waals surface area contributed by atoms with Crippen LogP contribution in [0.5, 0.6) is 0 Å². The zero-order valence-electron chi connectivity index (χ0n) is 13.9. The van der Waals surface area contributed by atoms with Gasteiger partial charge < -0.3 is 10.2 Å². The van der Waals surface area contributed by atoms with E-state index in [1.54, 1.807) is 27.1 Å². The van der Waals surface area contributed by atoms with Crippen molar-refractivity contribution in [3.8, 4) is 0 Å². The van der Waals surface area contributed by atoms with Crippen LogP contribution in [-0.2, 0) is 11.2 Å². The number of hydrogen-bond acceptors (Lipinski definition) is 5. The van der Waals surface area contributed by atoms with Gasteiger partial charge in [0.15, 0.2) is 0 Å². The van der Waals surface area contributed by atoms with Gasteiger partial charge in [0.05, 0.1) is 4.92 Å². The predicted molar refractivity (Wildman–Crippen MR) is 91.9 cm³/mol. The summed E-state index contributed by atoms with van der Waals surface area (Å²) in [5, 5.41) is 14.0. The number of benzene rings is 1. The SMILES string of the molecule is Cc1cc(N[C@H](Cc2ccccc2)C(=O)N(C)C)ncc1[N+](=O)[O-]. The summed E-state index contributed by atoms with van der Waals surface area (Å²) in [6.45, 7) is 1.64. The highest BCUT2D eigenvalue weighted by atomic mass is 16.6. The molecule has 0 spiro atoms. The van der Waals surface area contributed by atoms with E-state index in [0.717, 1.165) is 5.56 Å². The molecule has 0 bridgehead atoms. The van der Waals surface area contributed by atoms with E-state index >= 15 is 0 Å². The molecule has 2 rings (SSSR count). The van der Waals surface area contributed by atoms with Crippen molar-refractivity contribution in [2.24, 2.45) is 0 Å². The van der Waals surface area contributed by atoms with Gasteiger partial charge in [0.25, 0.3) is 5.69 Å². The molecule has 7 nitrogen and oxygen atoms in total. The summed E-state index contributed by atoms with van der Waals surface area (Å²) in [5.74, 6) is 0.353. The Morgan fingerprint density at radius 1 is 1.33 bits per heavy atom. The number of rotatable bonds is 6. The molecule has 1 heterocycles. The molecule has 0 saturated heterocycles. The normalized spacial score (nSPS) is 11.6. The van der Waals surface area contributed by atoms with E-state index in [0.29, 0.717) is 17.8 Å². The van der Waals surface area contributed by atoms with Gasteiger partial charge in [-0.25, -0.2) is 4.98 Å². The van der Waals surface area contributed by atoms with Gasteiger partial charge in [-0.05, 0) is 18.6 Å². The maximum absolute atomic E-state index is 12.4. The van der Waals surface area contributed by atoms with E-state index in [9.17, 15) is 14.9 Å². The highest BCUT2D eigenvalue weighted by Crippen LogP contribution is 2.20. The number of pyridine rings is 1. The first kappa shape index (κ1) is 17.4. The molecule has 0 fully saturated rings. The second-order valence-corrected chi connectivity index (χ2v) is 5.73. The lowest BCUT2D eigenvalue weighted by molar-refractivity contribution is -0.385. The molecule has 24 heavy (non-hydrogen) atoms. The van der Waals surface area contributed by atoms with E-state index in [1.165, 1.54) is 11.1 Å². The van der Waals surface area contributed by atoms with Gasteiger partial charge in [-0.3, -0.25) is 14.9 Å². The van der Waals surface area contributed by atoms with Crippen LogP contribution in [0, 0.1) is 17.0 Å². The predicted octanol–water partition coefficient (Wildman–Crippen LogP) is 2.41. The lowest BCUT2D eigenvalue weighted by Crippen LogP contribution is -2.40. The number of carbonyl (C=O) groups excluding carboxylic acids is 1. The van der Waals surface area contributed by atoms with Gasteiger partial charge in [-0.15, -0.1) is 0 Å². The molecule has 0 aliphatic heterocycles. The van der Waals surface area contributed by atoms with Gasteiger partial charge >= 0.3 is 0 Å². The first-order chi connectivity index (χ1) is 11.4. The Kier molecular flexibility index (Phi) is 5.47. The van der Waals surface area contributed by atoms with Crippen molar-refractivity contribution >= 4 is 17.4 Å². The molecular formula is C17H20N4O3. The Bertz CT molecular complexity index is 732. The van der Waals surface area contributed by atoms with E-state index in [4.69, 9.17) is 0 Å². The molecule has 0 radical (unpaired) electrons. The molecule has 1 N–H and O–H groups in total. The van der Waals surface area contributed by atoms with Crippen molar-refractivity contribution in [2.75, 3.05) is 19.4 Å². The third-order valence-electron chi connectivity index (χ3n) is 3.62. The van der Waals surface area contributed by atoms with Crippen LogP contribution in [0.15, 0.2) is 42.6 Å². The molecule has 0 aliphatic rings. The highest BCUT2D eigenvalue weighted by Gasteiger charge is 2.22. The molecule has 7 heteroatoms. The Morgan fingerprint density at radius 2 is 2.00 bits per heavy atom. The average Bonchev–Trinajstić information content (AvgIpc) is 2.54. The van der Waals surface area contributed by atoms with Crippen molar-refractivity contribution < 1.29 is 9.72 Å². The minimum atomic E-state index is -0.504. The Hall–Kier alpha value is -2.96. The van der Waals surface area contributed by atoms with Crippen LogP contribution < -0.4 is 5.32 Å². The number of nitrogens with one attached hydrogen (secondary N) is 1. The maximum atomic E-state index is 12.4. The molecule has 0 aliphatic carbocycles. The van der Waals surface area contributed by atoms with Crippen LogP contribution in [-0.4, -0.2) is 40.9 Å². The van der Waals surface area contributed by atoms with E-state index in [2.05, 4.69) is 10.3 Å². The summed E-state index contributed by atoms with van der Waals surface area (Å²) in [5.41, 5.74) is 1.47. The molecule has 1 atom stereocenters. The first-order valence-electron chi connectivity index (χ1n) is 7.51. The number of aryl methyl sites for hydroxylation is 1. The monoisotopic (exact) mass is 328 g/mol. The maximum Gasteiger partial charge on any atom is 0.290 e. The number of amides is 1. The molecule has 2 aromatic rings. The van der Waals surface area contributed by atoms with Gasteiger partial charge in [0.2, 0.25) is 5.91 Å². The second-order valence-electron chi connectivity index (χ2n) is 5.73. The van der Waals surface area contributed by atoms with Crippen LogP contribution in [0.4, 0.5) is 11.5 Å². The second kappa shape index (κ2) is 7.54.